The number of urea groups is 1. The Kier molecular flexibility index (Phi) is 7.11. The summed E-state index contributed by atoms with van der Waals surface area (Å²) in [5.74, 6) is -0.270. The fourth-order valence-corrected chi connectivity index (χ4v) is 6.89. The van der Waals surface area contributed by atoms with Crippen molar-refractivity contribution in [2.45, 2.75) is 90.4 Å². The first-order valence-corrected chi connectivity index (χ1v) is 15.0. The molecule has 0 radical (unpaired) electrons. The summed E-state index contributed by atoms with van der Waals surface area (Å²) in [6.45, 7) is 9.17. The predicted octanol–water partition coefficient (Wildman–Crippen LogP) is 5.77. The number of carbonyl (C=O) groups is 3. The van der Waals surface area contributed by atoms with Gasteiger partial charge in [0, 0.05) is 18.0 Å². The van der Waals surface area contributed by atoms with Gasteiger partial charge in [0.1, 0.15) is 5.54 Å². The molecule has 3 aromatic rings. The summed E-state index contributed by atoms with van der Waals surface area (Å²) in [5.41, 5.74) is 4.46. The van der Waals surface area contributed by atoms with Crippen molar-refractivity contribution in [1.29, 1.82) is 0 Å². The quantitative estimate of drug-likeness (QED) is 0.397. The first kappa shape index (κ1) is 28.1. The summed E-state index contributed by atoms with van der Waals surface area (Å²) in [6.07, 6.45) is 8.34. The SMILES string of the molecule is Cc1ccc(C2(C3CCCCC3)NC(=O)N(Cc3ccc(C(C)(C)C)c(C(=O)N4Cc5nccnc5C4)c3)C2=O)cc1. The van der Waals surface area contributed by atoms with Crippen molar-refractivity contribution in [1.82, 2.24) is 25.1 Å². The van der Waals surface area contributed by atoms with Crippen molar-refractivity contribution in [3.05, 3.63) is 94.1 Å². The molecule has 4 amide bonds. The lowest BCUT2D eigenvalue weighted by molar-refractivity contribution is -0.134. The molecule has 0 spiro atoms. The number of nitrogens with zero attached hydrogens (tertiary/aromatic N) is 4. The van der Waals surface area contributed by atoms with E-state index in [0.29, 0.717) is 18.7 Å². The molecule has 1 unspecified atom stereocenters. The van der Waals surface area contributed by atoms with Crippen molar-refractivity contribution in [3.63, 3.8) is 0 Å². The summed E-state index contributed by atoms with van der Waals surface area (Å²) < 4.78 is 0. The van der Waals surface area contributed by atoms with E-state index in [0.717, 1.165) is 65.7 Å². The van der Waals surface area contributed by atoms with E-state index in [1.54, 1.807) is 17.3 Å². The molecule has 0 bridgehead atoms. The molecule has 2 aromatic carbocycles. The Morgan fingerprint density at radius 1 is 0.952 bits per heavy atom. The van der Waals surface area contributed by atoms with Crippen molar-refractivity contribution in [2.24, 2.45) is 5.92 Å². The lowest BCUT2D eigenvalue weighted by Gasteiger charge is -2.38. The Hall–Kier alpha value is -4.07. The zero-order valence-electron chi connectivity index (χ0n) is 24.9. The Labute approximate surface area is 247 Å². The zero-order chi connectivity index (χ0) is 29.6. The van der Waals surface area contributed by atoms with Crippen LogP contribution in [-0.2, 0) is 35.4 Å². The largest absolute Gasteiger partial charge is 0.327 e. The molecule has 3 heterocycles. The zero-order valence-corrected chi connectivity index (χ0v) is 24.9. The number of hydrogen-bond acceptors (Lipinski definition) is 5. The van der Waals surface area contributed by atoms with Crippen LogP contribution in [0.15, 0.2) is 54.9 Å². The van der Waals surface area contributed by atoms with Crippen LogP contribution in [0.1, 0.15) is 96.9 Å². The topological polar surface area (TPSA) is 95.5 Å². The minimum atomic E-state index is -1.07. The summed E-state index contributed by atoms with van der Waals surface area (Å²) in [6, 6.07) is 13.4. The number of imide groups is 1. The first-order valence-electron chi connectivity index (χ1n) is 15.0. The number of benzene rings is 2. The van der Waals surface area contributed by atoms with Gasteiger partial charge in [-0.1, -0.05) is 82.0 Å². The molecule has 1 atom stereocenters. The molecule has 2 fully saturated rings. The van der Waals surface area contributed by atoms with Crippen molar-refractivity contribution < 1.29 is 14.4 Å². The molecule has 3 aliphatic rings. The summed E-state index contributed by atoms with van der Waals surface area (Å²) in [7, 11) is 0. The number of aryl methyl sites for hydroxylation is 1. The minimum Gasteiger partial charge on any atom is -0.327 e. The number of aromatic nitrogens is 2. The number of carbonyl (C=O) groups excluding carboxylic acids is 3. The number of hydrogen-bond donors (Lipinski definition) is 1. The number of amides is 4. The second-order valence-electron chi connectivity index (χ2n) is 13.1. The van der Waals surface area contributed by atoms with E-state index in [9.17, 15) is 14.4 Å². The molecule has 8 nitrogen and oxygen atoms in total. The van der Waals surface area contributed by atoms with Gasteiger partial charge < -0.3 is 10.2 Å². The van der Waals surface area contributed by atoms with E-state index >= 15 is 0 Å². The molecule has 1 aromatic heterocycles. The highest BCUT2D eigenvalue weighted by Gasteiger charge is 2.56. The smallest absolute Gasteiger partial charge is 0.325 e. The van der Waals surface area contributed by atoms with Gasteiger partial charge in [0.05, 0.1) is 31.0 Å². The van der Waals surface area contributed by atoms with E-state index in [1.165, 1.54) is 4.90 Å². The van der Waals surface area contributed by atoms with E-state index in [-0.39, 0.29) is 35.7 Å². The molecule has 1 saturated heterocycles. The third kappa shape index (κ3) is 4.86. The Bertz CT molecular complexity index is 1510. The monoisotopic (exact) mass is 565 g/mol. The molecule has 6 rings (SSSR count). The Morgan fingerprint density at radius 3 is 2.21 bits per heavy atom. The molecular weight excluding hydrogens is 526 g/mol. The van der Waals surface area contributed by atoms with E-state index in [4.69, 9.17) is 0 Å². The highest BCUT2D eigenvalue weighted by molar-refractivity contribution is 6.07. The summed E-state index contributed by atoms with van der Waals surface area (Å²) in [5, 5.41) is 3.17. The van der Waals surface area contributed by atoms with Crippen molar-refractivity contribution >= 4 is 17.8 Å². The maximum atomic E-state index is 14.4. The maximum absolute atomic E-state index is 14.4. The standard InChI is InChI=1S/C34H39N5O3/c1-22-10-13-25(14-11-22)34(24-8-6-5-7-9-24)31(41)39(32(42)37-34)19-23-12-15-27(33(2,3)4)26(18-23)30(40)38-20-28-29(21-38)36-17-16-35-28/h10-18,24H,5-9,19-21H2,1-4H3,(H,37,42). The van der Waals surface area contributed by atoms with Crippen molar-refractivity contribution in [2.75, 3.05) is 0 Å². The molecule has 1 aliphatic carbocycles. The number of rotatable bonds is 5. The average molecular weight is 566 g/mol. The minimum absolute atomic E-state index is 0.0369. The van der Waals surface area contributed by atoms with Gasteiger partial charge in [-0.05, 0) is 53.9 Å². The second kappa shape index (κ2) is 10.6. The van der Waals surface area contributed by atoms with E-state index in [1.807, 2.05) is 49.4 Å². The predicted molar refractivity (Wildman–Crippen MR) is 159 cm³/mol. The van der Waals surface area contributed by atoms with Crippen LogP contribution in [0.5, 0.6) is 0 Å². The molecule has 8 heteroatoms. The van der Waals surface area contributed by atoms with Crippen molar-refractivity contribution in [3.8, 4) is 0 Å². The van der Waals surface area contributed by atoms with Crippen LogP contribution < -0.4 is 5.32 Å². The Balaban J connectivity index is 1.33. The van der Waals surface area contributed by atoms with Gasteiger partial charge in [0.15, 0.2) is 0 Å². The number of fused-ring (bicyclic) bond motifs is 1. The highest BCUT2D eigenvalue weighted by atomic mass is 16.2. The highest BCUT2D eigenvalue weighted by Crippen LogP contribution is 2.44. The van der Waals surface area contributed by atoms with Gasteiger partial charge in [0.25, 0.3) is 11.8 Å². The maximum Gasteiger partial charge on any atom is 0.325 e. The molecule has 1 N–H and O–H groups in total. The third-order valence-corrected chi connectivity index (χ3v) is 9.15. The second-order valence-corrected chi connectivity index (χ2v) is 13.1. The van der Waals surface area contributed by atoms with Crippen LogP contribution in [0.25, 0.3) is 0 Å². The van der Waals surface area contributed by atoms with Gasteiger partial charge in [0.2, 0.25) is 0 Å². The normalized spacial score (nSPS) is 21.0. The van der Waals surface area contributed by atoms with Gasteiger partial charge in [-0.25, -0.2) is 4.79 Å². The molecular formula is C34H39N5O3. The molecule has 2 aliphatic heterocycles. The van der Waals surface area contributed by atoms with Crippen LogP contribution in [0, 0.1) is 12.8 Å². The van der Waals surface area contributed by atoms with Crippen LogP contribution in [0.3, 0.4) is 0 Å². The van der Waals surface area contributed by atoms with Crippen LogP contribution in [0.2, 0.25) is 0 Å². The van der Waals surface area contributed by atoms with Gasteiger partial charge in [-0.3, -0.25) is 24.5 Å². The lowest BCUT2D eigenvalue weighted by atomic mass is 9.70. The first-order chi connectivity index (χ1) is 20.1. The molecule has 42 heavy (non-hydrogen) atoms. The molecule has 218 valence electrons. The third-order valence-electron chi connectivity index (χ3n) is 9.15. The fraction of sp³-hybridized carbons (Fsp3) is 0.441. The van der Waals surface area contributed by atoms with Gasteiger partial charge >= 0.3 is 6.03 Å². The van der Waals surface area contributed by atoms with Crippen LogP contribution >= 0.6 is 0 Å². The summed E-state index contributed by atoms with van der Waals surface area (Å²) in [4.78, 5) is 53.8. The van der Waals surface area contributed by atoms with Crippen LogP contribution in [0.4, 0.5) is 4.79 Å². The summed E-state index contributed by atoms with van der Waals surface area (Å²) >= 11 is 0. The molecule has 1 saturated carbocycles. The lowest BCUT2D eigenvalue weighted by Crippen LogP contribution is -2.51. The van der Waals surface area contributed by atoms with Gasteiger partial charge in [-0.2, -0.15) is 0 Å². The van der Waals surface area contributed by atoms with Gasteiger partial charge in [-0.15, -0.1) is 0 Å². The van der Waals surface area contributed by atoms with E-state index < -0.39 is 5.54 Å². The number of nitrogens with one attached hydrogen (secondary N) is 1. The average Bonchev–Trinajstić information content (AvgIpc) is 3.52. The van der Waals surface area contributed by atoms with E-state index in [2.05, 4.69) is 36.1 Å². The Morgan fingerprint density at radius 2 is 1.60 bits per heavy atom. The van der Waals surface area contributed by atoms with Crippen LogP contribution in [-0.4, -0.2) is 37.6 Å². The fourth-order valence-electron chi connectivity index (χ4n) is 6.89.